The van der Waals surface area contributed by atoms with E-state index in [2.05, 4.69) is 50.1 Å². The third-order valence-corrected chi connectivity index (χ3v) is 4.02. The zero-order chi connectivity index (χ0) is 12.6. The number of rotatable bonds is 2. The van der Waals surface area contributed by atoms with E-state index in [1.807, 2.05) is 7.05 Å². The largest absolute Gasteiger partial charge is 0.321 e. The van der Waals surface area contributed by atoms with Crippen LogP contribution in [0.4, 0.5) is 0 Å². The van der Waals surface area contributed by atoms with Gasteiger partial charge in [-0.05, 0) is 30.0 Å². The summed E-state index contributed by atoms with van der Waals surface area (Å²) in [7, 11) is 6.12. The molecule has 0 aliphatic carbocycles. The minimum atomic E-state index is -0.0860. The second kappa shape index (κ2) is 5.01. The number of likely N-dealkylation sites (N-methyl/N-ethyl adjacent to an activating group) is 2. The van der Waals surface area contributed by atoms with Gasteiger partial charge in [0.2, 0.25) is 0 Å². The van der Waals surface area contributed by atoms with Crippen molar-refractivity contribution in [1.29, 1.82) is 0 Å². The van der Waals surface area contributed by atoms with Crippen molar-refractivity contribution in [1.82, 2.24) is 24.8 Å². The Balaban J connectivity index is 2.21. The van der Waals surface area contributed by atoms with Crippen LogP contribution in [0.3, 0.4) is 0 Å². The fourth-order valence-corrected chi connectivity index (χ4v) is 2.90. The molecule has 96 valence electrons. The highest BCUT2D eigenvalue weighted by Crippen LogP contribution is 2.25. The van der Waals surface area contributed by atoms with E-state index in [4.69, 9.17) is 5.73 Å². The minimum Gasteiger partial charge on any atom is -0.321 e. The topological polar surface area (TPSA) is 63.2 Å². The maximum Gasteiger partial charge on any atom is 0.153 e. The molecule has 0 spiro atoms. The van der Waals surface area contributed by atoms with Crippen molar-refractivity contribution in [3.05, 3.63) is 10.3 Å². The van der Waals surface area contributed by atoms with Crippen LogP contribution in [-0.2, 0) is 7.05 Å². The summed E-state index contributed by atoms with van der Waals surface area (Å²) < 4.78 is 2.49. The number of nitrogens with zero attached hydrogens (tertiary/aromatic N) is 5. The Labute approximate surface area is 110 Å². The maximum atomic E-state index is 6.37. The Morgan fingerprint density at radius 1 is 1.35 bits per heavy atom. The highest BCUT2D eigenvalue weighted by Gasteiger charge is 2.31. The van der Waals surface area contributed by atoms with Gasteiger partial charge in [0.1, 0.15) is 0 Å². The van der Waals surface area contributed by atoms with Crippen LogP contribution < -0.4 is 5.73 Å². The number of nitrogens with two attached hydrogens (primary N) is 1. The molecule has 1 fully saturated rings. The predicted molar refractivity (Wildman–Crippen MR) is 69.5 cm³/mol. The second-order valence-corrected chi connectivity index (χ2v) is 5.48. The molecule has 17 heavy (non-hydrogen) atoms. The van der Waals surface area contributed by atoms with Crippen molar-refractivity contribution in [3.63, 3.8) is 0 Å². The Kier molecular flexibility index (Phi) is 3.82. The summed E-state index contributed by atoms with van der Waals surface area (Å²) in [4.78, 5) is 4.62. The molecule has 2 unspecified atom stereocenters. The first-order chi connectivity index (χ1) is 8.00. The van der Waals surface area contributed by atoms with Crippen LogP contribution in [0.25, 0.3) is 0 Å². The van der Waals surface area contributed by atoms with Crippen LogP contribution in [0.1, 0.15) is 11.7 Å². The first kappa shape index (κ1) is 12.9. The van der Waals surface area contributed by atoms with E-state index in [1.54, 1.807) is 4.68 Å². The van der Waals surface area contributed by atoms with Crippen molar-refractivity contribution in [2.45, 2.75) is 12.1 Å². The van der Waals surface area contributed by atoms with Gasteiger partial charge in [-0.25, -0.2) is 4.68 Å². The van der Waals surface area contributed by atoms with E-state index in [0.29, 0.717) is 6.04 Å². The molecule has 0 amide bonds. The normalized spacial score (nSPS) is 25.1. The van der Waals surface area contributed by atoms with Gasteiger partial charge in [0.25, 0.3) is 0 Å². The van der Waals surface area contributed by atoms with Gasteiger partial charge in [-0.3, -0.25) is 4.90 Å². The number of halogens is 1. The highest BCUT2D eigenvalue weighted by molar-refractivity contribution is 9.10. The molecule has 2 heterocycles. The molecule has 1 aliphatic heterocycles. The quantitative estimate of drug-likeness (QED) is 0.821. The molecule has 7 heteroatoms. The average Bonchev–Trinajstić information content (AvgIpc) is 2.61. The van der Waals surface area contributed by atoms with Gasteiger partial charge in [-0.2, -0.15) is 0 Å². The van der Waals surface area contributed by atoms with Crippen molar-refractivity contribution >= 4 is 15.9 Å². The maximum absolute atomic E-state index is 6.37. The van der Waals surface area contributed by atoms with Gasteiger partial charge in [0.15, 0.2) is 4.60 Å². The van der Waals surface area contributed by atoms with Crippen LogP contribution in [0.15, 0.2) is 4.60 Å². The average molecular weight is 303 g/mol. The molecule has 1 aromatic rings. The van der Waals surface area contributed by atoms with E-state index in [1.165, 1.54) is 0 Å². The molecular weight excluding hydrogens is 284 g/mol. The molecule has 2 rings (SSSR count). The molecule has 1 saturated heterocycles. The molecule has 2 atom stereocenters. The number of hydrogen-bond acceptors (Lipinski definition) is 5. The fourth-order valence-electron chi connectivity index (χ4n) is 2.31. The van der Waals surface area contributed by atoms with Gasteiger partial charge in [-0.1, -0.05) is 5.21 Å². The summed E-state index contributed by atoms with van der Waals surface area (Å²) in [6.07, 6.45) is 0. The predicted octanol–water partition coefficient (Wildman–Crippen LogP) is -0.177. The lowest BCUT2D eigenvalue weighted by Crippen LogP contribution is -2.54. The lowest BCUT2D eigenvalue weighted by molar-refractivity contribution is 0.0954. The Bertz CT molecular complexity index is 373. The molecule has 0 bridgehead atoms. The van der Waals surface area contributed by atoms with Crippen LogP contribution in [-0.4, -0.2) is 64.6 Å². The van der Waals surface area contributed by atoms with Crippen molar-refractivity contribution in [2.75, 3.05) is 33.7 Å². The van der Waals surface area contributed by atoms with Crippen molar-refractivity contribution in [2.24, 2.45) is 12.8 Å². The summed E-state index contributed by atoms with van der Waals surface area (Å²) in [5.74, 6) is 0. The summed E-state index contributed by atoms with van der Waals surface area (Å²) in [5, 5.41) is 7.98. The van der Waals surface area contributed by atoms with E-state index in [-0.39, 0.29) is 6.04 Å². The molecule has 6 nitrogen and oxygen atoms in total. The molecule has 1 aliphatic rings. The smallest absolute Gasteiger partial charge is 0.153 e. The summed E-state index contributed by atoms with van der Waals surface area (Å²) >= 11 is 3.41. The third-order valence-electron chi connectivity index (χ3n) is 3.46. The first-order valence-electron chi connectivity index (χ1n) is 5.70. The Morgan fingerprint density at radius 3 is 2.65 bits per heavy atom. The van der Waals surface area contributed by atoms with E-state index >= 15 is 0 Å². The zero-order valence-electron chi connectivity index (χ0n) is 10.5. The van der Waals surface area contributed by atoms with Crippen LogP contribution in [0, 0.1) is 0 Å². The van der Waals surface area contributed by atoms with Crippen LogP contribution >= 0.6 is 15.9 Å². The van der Waals surface area contributed by atoms with Crippen molar-refractivity contribution < 1.29 is 0 Å². The molecule has 2 N–H and O–H groups in total. The van der Waals surface area contributed by atoms with E-state index < -0.39 is 0 Å². The Hall–Kier alpha value is -0.500. The number of aromatic nitrogens is 3. The van der Waals surface area contributed by atoms with Gasteiger partial charge in [0, 0.05) is 32.7 Å². The third kappa shape index (κ3) is 2.52. The summed E-state index contributed by atoms with van der Waals surface area (Å²) in [5.41, 5.74) is 7.33. The highest BCUT2D eigenvalue weighted by atomic mass is 79.9. The van der Waals surface area contributed by atoms with Crippen LogP contribution in [0.5, 0.6) is 0 Å². The number of piperazine rings is 1. The Morgan fingerprint density at radius 2 is 2.06 bits per heavy atom. The molecule has 0 radical (unpaired) electrons. The molecule has 0 saturated carbocycles. The lowest BCUT2D eigenvalue weighted by Gasteiger charge is -2.40. The van der Waals surface area contributed by atoms with Gasteiger partial charge >= 0.3 is 0 Å². The van der Waals surface area contributed by atoms with E-state index in [9.17, 15) is 0 Å². The van der Waals surface area contributed by atoms with E-state index in [0.717, 1.165) is 29.9 Å². The van der Waals surface area contributed by atoms with Gasteiger partial charge in [-0.15, -0.1) is 5.10 Å². The van der Waals surface area contributed by atoms with Gasteiger partial charge < -0.3 is 10.6 Å². The SMILES string of the molecule is CN1CCN(C)C(C(N)c2c(Br)nnn2C)C1. The minimum absolute atomic E-state index is 0.0860. The first-order valence-corrected chi connectivity index (χ1v) is 6.49. The van der Waals surface area contributed by atoms with Gasteiger partial charge in [0.05, 0.1) is 11.7 Å². The van der Waals surface area contributed by atoms with Crippen molar-refractivity contribution in [3.8, 4) is 0 Å². The lowest BCUT2D eigenvalue weighted by atomic mass is 10.0. The fraction of sp³-hybridized carbons (Fsp3) is 0.800. The second-order valence-electron chi connectivity index (χ2n) is 4.73. The van der Waals surface area contributed by atoms with Crippen LogP contribution in [0.2, 0.25) is 0 Å². The number of hydrogen-bond donors (Lipinski definition) is 1. The molecule has 1 aromatic heterocycles. The summed E-state index contributed by atoms with van der Waals surface area (Å²) in [6, 6.07) is 0.208. The molecular formula is C10H19BrN6. The molecule has 0 aromatic carbocycles. The number of aryl methyl sites for hydroxylation is 1. The summed E-state index contributed by atoms with van der Waals surface area (Å²) in [6.45, 7) is 3.09. The standard InChI is InChI=1S/C10H19BrN6/c1-15-4-5-16(2)7(6-15)8(12)9-10(11)13-14-17(9)3/h7-8H,4-6,12H2,1-3H3. The zero-order valence-corrected chi connectivity index (χ0v) is 12.1. The monoisotopic (exact) mass is 302 g/mol.